The summed E-state index contributed by atoms with van der Waals surface area (Å²) < 4.78 is 20.5. The van der Waals surface area contributed by atoms with E-state index in [0.717, 1.165) is 66.2 Å². The Labute approximate surface area is 332 Å². The van der Waals surface area contributed by atoms with E-state index in [2.05, 4.69) is 117 Å². The SMILES string of the molecule is Cc1ccc(-c2cc(-c3ccc(C)cc3)cc(-c3ccc([O][Al]([O]c4cccc5ccc(C)nc45)[O]c4cccc5ccc(C)nc45)c4ccccc34)c2)cc1. The van der Waals surface area contributed by atoms with Crippen molar-refractivity contribution in [2.75, 3.05) is 0 Å². The minimum absolute atomic E-state index is 0.615. The van der Waals surface area contributed by atoms with Gasteiger partial charge in [-0.15, -0.1) is 0 Å². The molecule has 0 amide bonds. The molecule has 9 rings (SSSR count). The van der Waals surface area contributed by atoms with Gasteiger partial charge in [-0.3, -0.25) is 0 Å². The Hall–Kier alpha value is -6.45. The average Bonchev–Trinajstić information content (AvgIpc) is 3.22. The number of aryl methyl sites for hydroxylation is 4. The molecule has 0 N–H and O–H groups in total. The lowest BCUT2D eigenvalue weighted by molar-refractivity contribution is 0.311. The molecular weight excluding hydrogens is 704 g/mol. The molecule has 0 spiro atoms. The van der Waals surface area contributed by atoms with Crippen LogP contribution in [0.3, 0.4) is 0 Å². The summed E-state index contributed by atoms with van der Waals surface area (Å²) in [4.78, 5) is 9.68. The molecular formula is C50H39AlN2O3. The van der Waals surface area contributed by atoms with Crippen molar-refractivity contribution in [3.63, 3.8) is 0 Å². The van der Waals surface area contributed by atoms with E-state index >= 15 is 0 Å². The number of aromatic nitrogens is 2. The first-order chi connectivity index (χ1) is 27.3. The van der Waals surface area contributed by atoms with Gasteiger partial charge in [0.15, 0.2) is 0 Å². The summed E-state index contributed by atoms with van der Waals surface area (Å²) >= 11 is -3.04. The maximum Gasteiger partial charge on any atom is 1.20 e. The van der Waals surface area contributed by atoms with E-state index in [0.29, 0.717) is 17.2 Å². The van der Waals surface area contributed by atoms with E-state index in [1.807, 2.05) is 74.5 Å². The Kier molecular flexibility index (Phi) is 9.45. The molecule has 5 nitrogen and oxygen atoms in total. The van der Waals surface area contributed by atoms with Gasteiger partial charge in [0.1, 0.15) is 22.5 Å². The lowest BCUT2D eigenvalue weighted by Gasteiger charge is -2.20. The summed E-state index contributed by atoms with van der Waals surface area (Å²) in [5.41, 5.74) is 12.7. The van der Waals surface area contributed by atoms with Crippen molar-refractivity contribution in [2.45, 2.75) is 27.7 Å². The van der Waals surface area contributed by atoms with Crippen molar-refractivity contribution in [3.8, 4) is 50.6 Å². The van der Waals surface area contributed by atoms with Gasteiger partial charge in [0.25, 0.3) is 0 Å². The Morgan fingerprint density at radius 1 is 0.375 bits per heavy atom. The molecule has 0 saturated carbocycles. The molecule has 0 radical (unpaired) electrons. The molecule has 0 aliphatic rings. The van der Waals surface area contributed by atoms with Crippen molar-refractivity contribution in [3.05, 3.63) is 186 Å². The van der Waals surface area contributed by atoms with Crippen molar-refractivity contribution in [2.24, 2.45) is 0 Å². The van der Waals surface area contributed by atoms with E-state index in [1.54, 1.807) is 0 Å². The van der Waals surface area contributed by atoms with E-state index < -0.39 is 15.1 Å². The van der Waals surface area contributed by atoms with Crippen molar-refractivity contribution >= 4 is 47.7 Å². The number of hydrogen-bond acceptors (Lipinski definition) is 5. The lowest BCUT2D eigenvalue weighted by Crippen LogP contribution is -2.37. The Morgan fingerprint density at radius 3 is 1.39 bits per heavy atom. The van der Waals surface area contributed by atoms with Crippen LogP contribution in [0.25, 0.3) is 66.0 Å². The normalized spacial score (nSPS) is 11.2. The zero-order chi connectivity index (χ0) is 38.2. The van der Waals surface area contributed by atoms with Gasteiger partial charge in [-0.05, 0) is 115 Å². The predicted octanol–water partition coefficient (Wildman–Crippen LogP) is 12.7. The molecule has 7 aromatic carbocycles. The number of fused-ring (bicyclic) bond motifs is 3. The fraction of sp³-hybridized carbons (Fsp3) is 0.0800. The third-order valence-electron chi connectivity index (χ3n) is 10.2. The van der Waals surface area contributed by atoms with E-state index in [-0.39, 0.29) is 0 Å². The fourth-order valence-electron chi connectivity index (χ4n) is 7.24. The van der Waals surface area contributed by atoms with Gasteiger partial charge in [-0.25, -0.2) is 9.97 Å². The summed E-state index contributed by atoms with van der Waals surface area (Å²) in [7, 11) is 0. The number of hydrogen-bond donors (Lipinski definition) is 0. The van der Waals surface area contributed by atoms with Crippen LogP contribution in [0.2, 0.25) is 0 Å². The summed E-state index contributed by atoms with van der Waals surface area (Å²) in [6, 6.07) is 57.0. The predicted molar refractivity (Wildman–Crippen MR) is 230 cm³/mol. The zero-order valence-corrected chi connectivity index (χ0v) is 32.9. The molecule has 0 saturated heterocycles. The van der Waals surface area contributed by atoms with Crippen LogP contribution >= 0.6 is 0 Å². The first-order valence-corrected chi connectivity index (χ1v) is 20.3. The smallest absolute Gasteiger partial charge is 0.577 e. The second-order valence-electron chi connectivity index (χ2n) is 14.4. The van der Waals surface area contributed by atoms with Crippen LogP contribution < -0.4 is 11.4 Å². The van der Waals surface area contributed by atoms with Gasteiger partial charge >= 0.3 is 15.1 Å². The summed E-state index contributed by atoms with van der Waals surface area (Å²) in [6.07, 6.45) is 0. The average molecular weight is 743 g/mol. The molecule has 2 heterocycles. The van der Waals surface area contributed by atoms with Gasteiger partial charge in [-0.2, -0.15) is 0 Å². The van der Waals surface area contributed by atoms with Gasteiger partial charge in [0.2, 0.25) is 0 Å². The van der Waals surface area contributed by atoms with Crippen LogP contribution in [0, 0.1) is 27.7 Å². The molecule has 0 aliphatic carbocycles. The molecule has 0 atom stereocenters. The monoisotopic (exact) mass is 742 g/mol. The Bertz CT molecular complexity index is 2740. The minimum Gasteiger partial charge on any atom is -0.577 e. The van der Waals surface area contributed by atoms with E-state index in [9.17, 15) is 0 Å². The zero-order valence-electron chi connectivity index (χ0n) is 31.8. The van der Waals surface area contributed by atoms with Crippen LogP contribution in [0.5, 0.6) is 17.2 Å². The molecule has 270 valence electrons. The van der Waals surface area contributed by atoms with Crippen molar-refractivity contribution in [1.82, 2.24) is 9.97 Å². The first-order valence-electron chi connectivity index (χ1n) is 18.9. The molecule has 0 fully saturated rings. The highest BCUT2D eigenvalue weighted by Gasteiger charge is 2.46. The standard InChI is InChI=1S/C30H24O.2C10H9NO.Al/c1-20-7-11-22(12-8-20)24-17-25(23-13-9-21(2)10-14-23)19-26(18-24)27-15-16-30(31)29-6-4-3-5-28(27)29;2*1-7-5-6-8-3-2-4-9(12)10(8)11-7;/h3-19,31H,1-2H3;2*2-6,12H,1H3;/q;;;+3/p-3. The number of rotatable bonds is 9. The second-order valence-corrected chi connectivity index (χ2v) is 15.7. The van der Waals surface area contributed by atoms with Crippen LogP contribution in [0.15, 0.2) is 164 Å². The van der Waals surface area contributed by atoms with Crippen LogP contribution in [0.1, 0.15) is 22.5 Å². The van der Waals surface area contributed by atoms with Crippen LogP contribution in [-0.2, 0) is 0 Å². The number of benzene rings is 7. The van der Waals surface area contributed by atoms with Gasteiger partial charge < -0.3 is 11.4 Å². The van der Waals surface area contributed by atoms with Crippen molar-refractivity contribution in [1.29, 1.82) is 0 Å². The van der Waals surface area contributed by atoms with E-state index in [1.165, 1.54) is 22.3 Å². The van der Waals surface area contributed by atoms with Crippen LogP contribution in [0.4, 0.5) is 0 Å². The third-order valence-corrected chi connectivity index (χ3v) is 11.6. The fourth-order valence-corrected chi connectivity index (χ4v) is 8.59. The van der Waals surface area contributed by atoms with Gasteiger partial charge in [0.05, 0.1) is 5.75 Å². The number of nitrogens with zero attached hydrogens (tertiary/aromatic N) is 2. The molecule has 56 heavy (non-hydrogen) atoms. The molecule has 6 heteroatoms. The molecule has 0 bridgehead atoms. The summed E-state index contributed by atoms with van der Waals surface area (Å²) in [6.45, 7) is 8.21. The highest BCUT2D eigenvalue weighted by atomic mass is 27.3. The first kappa shape index (κ1) is 35.3. The molecule has 9 aromatic rings. The van der Waals surface area contributed by atoms with Gasteiger partial charge in [0, 0.05) is 27.5 Å². The van der Waals surface area contributed by atoms with Crippen molar-refractivity contribution < 1.29 is 11.4 Å². The summed E-state index contributed by atoms with van der Waals surface area (Å²) in [5, 5.41) is 4.00. The highest BCUT2D eigenvalue weighted by Crippen LogP contribution is 2.39. The molecule has 0 unspecified atom stereocenters. The maximum atomic E-state index is 6.93. The Balaban J connectivity index is 1.15. The van der Waals surface area contributed by atoms with Gasteiger partial charge in [-0.1, -0.05) is 126 Å². The maximum absolute atomic E-state index is 6.93. The number of para-hydroxylation sites is 2. The summed E-state index contributed by atoms with van der Waals surface area (Å²) in [5.74, 6) is 1.91. The second kappa shape index (κ2) is 15.0. The Morgan fingerprint density at radius 2 is 0.857 bits per heavy atom. The topological polar surface area (TPSA) is 53.5 Å². The quantitative estimate of drug-likeness (QED) is 0.138. The van der Waals surface area contributed by atoms with E-state index in [4.69, 9.17) is 21.3 Å². The number of pyridine rings is 2. The molecule has 2 aromatic heterocycles. The lowest BCUT2D eigenvalue weighted by atomic mass is 9.91. The highest BCUT2D eigenvalue weighted by molar-refractivity contribution is 6.40. The minimum atomic E-state index is -3.04. The molecule has 0 aliphatic heterocycles. The largest absolute Gasteiger partial charge is 1.20 e. The van der Waals surface area contributed by atoms with Crippen LogP contribution in [-0.4, -0.2) is 25.1 Å². The third kappa shape index (κ3) is 7.21.